The van der Waals surface area contributed by atoms with Gasteiger partial charge in [0.2, 0.25) is 11.8 Å². The second-order valence-corrected chi connectivity index (χ2v) is 8.31. The highest BCUT2D eigenvalue weighted by Crippen LogP contribution is 2.37. The van der Waals surface area contributed by atoms with Crippen LogP contribution in [0.25, 0.3) is 10.2 Å². The molecule has 10 heteroatoms. The number of methoxy groups -OCH3 is 3. The number of hydrogen-bond acceptors (Lipinski definition) is 8. The normalized spacial score (nSPS) is 13.6. The molecule has 3 aromatic rings. The number of hydrogen-bond donors (Lipinski definition) is 1. The third-order valence-corrected chi connectivity index (χ3v) is 6.46. The maximum atomic E-state index is 13.1. The molecule has 0 aliphatic carbocycles. The SMILES string of the molecule is COCc1nc(OC)c2c(C)c(C(=O)Nc3ccc(OC)c(N4CCCC4=O)c3)sc2n1. The Labute approximate surface area is 189 Å². The Hall–Kier alpha value is -3.24. The third kappa shape index (κ3) is 3.98. The van der Waals surface area contributed by atoms with Crippen LogP contribution in [0.5, 0.6) is 11.6 Å². The Morgan fingerprint density at radius 3 is 2.69 bits per heavy atom. The van der Waals surface area contributed by atoms with Gasteiger partial charge in [0.25, 0.3) is 5.91 Å². The first-order valence-corrected chi connectivity index (χ1v) is 10.9. The monoisotopic (exact) mass is 456 g/mol. The van der Waals surface area contributed by atoms with Crippen LogP contribution in [0.1, 0.15) is 33.9 Å². The van der Waals surface area contributed by atoms with Gasteiger partial charge < -0.3 is 24.4 Å². The van der Waals surface area contributed by atoms with E-state index in [1.54, 1.807) is 37.3 Å². The van der Waals surface area contributed by atoms with E-state index in [1.165, 1.54) is 18.4 Å². The van der Waals surface area contributed by atoms with Gasteiger partial charge in [-0.25, -0.2) is 4.98 Å². The maximum absolute atomic E-state index is 13.1. The average molecular weight is 457 g/mol. The molecule has 2 aromatic heterocycles. The molecule has 168 valence electrons. The summed E-state index contributed by atoms with van der Waals surface area (Å²) in [5, 5.41) is 3.64. The van der Waals surface area contributed by atoms with Crippen molar-refractivity contribution < 1.29 is 23.8 Å². The van der Waals surface area contributed by atoms with Crippen molar-refractivity contribution in [3.63, 3.8) is 0 Å². The van der Waals surface area contributed by atoms with Crippen LogP contribution in [-0.2, 0) is 16.1 Å². The summed E-state index contributed by atoms with van der Waals surface area (Å²) in [6.45, 7) is 2.72. The van der Waals surface area contributed by atoms with Gasteiger partial charge in [0.15, 0.2) is 5.82 Å². The Morgan fingerprint density at radius 2 is 2.03 bits per heavy atom. The third-order valence-electron chi connectivity index (χ3n) is 5.28. The first kappa shape index (κ1) is 22.0. The van der Waals surface area contributed by atoms with E-state index in [1.807, 2.05) is 6.92 Å². The zero-order valence-corrected chi connectivity index (χ0v) is 19.2. The molecule has 0 saturated carbocycles. The molecular formula is C22H24N4O5S. The highest BCUT2D eigenvalue weighted by molar-refractivity contribution is 7.20. The predicted octanol–water partition coefficient (Wildman–Crippen LogP) is 3.54. The topological polar surface area (TPSA) is 103 Å². The number of nitrogens with one attached hydrogen (secondary N) is 1. The minimum absolute atomic E-state index is 0.0460. The quantitative estimate of drug-likeness (QED) is 0.580. The van der Waals surface area contributed by atoms with E-state index in [2.05, 4.69) is 15.3 Å². The van der Waals surface area contributed by atoms with Crippen LogP contribution in [-0.4, -0.2) is 49.7 Å². The van der Waals surface area contributed by atoms with Crippen molar-refractivity contribution in [2.24, 2.45) is 0 Å². The number of carbonyl (C=O) groups excluding carboxylic acids is 2. The van der Waals surface area contributed by atoms with Crippen molar-refractivity contribution in [1.82, 2.24) is 9.97 Å². The summed E-state index contributed by atoms with van der Waals surface area (Å²) in [7, 11) is 4.66. The zero-order chi connectivity index (χ0) is 22.8. The molecule has 9 nitrogen and oxygen atoms in total. The second kappa shape index (κ2) is 9.09. The number of nitrogens with zero attached hydrogens (tertiary/aromatic N) is 3. The molecule has 4 rings (SSSR count). The fourth-order valence-electron chi connectivity index (χ4n) is 3.77. The number of ether oxygens (including phenoxy) is 3. The number of benzene rings is 1. The van der Waals surface area contributed by atoms with Gasteiger partial charge in [-0.2, -0.15) is 4.98 Å². The molecule has 1 aliphatic heterocycles. The van der Waals surface area contributed by atoms with E-state index >= 15 is 0 Å². The Balaban J connectivity index is 1.67. The van der Waals surface area contributed by atoms with Crippen molar-refractivity contribution in [3.05, 3.63) is 34.5 Å². The minimum Gasteiger partial charge on any atom is -0.495 e. The smallest absolute Gasteiger partial charge is 0.266 e. The number of rotatable bonds is 7. The van der Waals surface area contributed by atoms with E-state index in [9.17, 15) is 9.59 Å². The van der Waals surface area contributed by atoms with Crippen molar-refractivity contribution >= 4 is 44.7 Å². The van der Waals surface area contributed by atoms with Crippen molar-refractivity contribution in [2.45, 2.75) is 26.4 Å². The molecule has 1 saturated heterocycles. The highest BCUT2D eigenvalue weighted by Gasteiger charge is 2.26. The van der Waals surface area contributed by atoms with Crippen molar-refractivity contribution in [3.8, 4) is 11.6 Å². The molecule has 0 atom stereocenters. The summed E-state index contributed by atoms with van der Waals surface area (Å²) in [6, 6.07) is 5.26. The van der Waals surface area contributed by atoms with Crippen LogP contribution in [0.2, 0.25) is 0 Å². The largest absolute Gasteiger partial charge is 0.495 e. The van der Waals surface area contributed by atoms with Gasteiger partial charge in [0.05, 0.1) is 30.2 Å². The predicted molar refractivity (Wildman–Crippen MR) is 122 cm³/mol. The molecular weight excluding hydrogens is 432 g/mol. The average Bonchev–Trinajstić information content (AvgIpc) is 3.36. The summed E-state index contributed by atoms with van der Waals surface area (Å²) in [5.74, 6) is 1.26. The minimum atomic E-state index is -0.273. The van der Waals surface area contributed by atoms with Gasteiger partial charge in [-0.3, -0.25) is 9.59 Å². The number of fused-ring (bicyclic) bond motifs is 1. The number of carbonyl (C=O) groups is 2. The Kier molecular flexibility index (Phi) is 6.24. The summed E-state index contributed by atoms with van der Waals surface area (Å²) in [6.07, 6.45) is 1.31. The van der Waals surface area contributed by atoms with E-state index in [-0.39, 0.29) is 18.4 Å². The van der Waals surface area contributed by atoms with Gasteiger partial charge in [0, 0.05) is 25.8 Å². The van der Waals surface area contributed by atoms with E-state index < -0.39 is 0 Å². The molecule has 1 N–H and O–H groups in total. The molecule has 0 bridgehead atoms. The van der Waals surface area contributed by atoms with Crippen LogP contribution >= 0.6 is 11.3 Å². The number of anilines is 2. The first-order chi connectivity index (χ1) is 15.5. The van der Waals surface area contributed by atoms with Crippen LogP contribution in [0.4, 0.5) is 11.4 Å². The summed E-state index contributed by atoms with van der Waals surface area (Å²) < 4.78 is 16.0. The maximum Gasteiger partial charge on any atom is 0.266 e. The lowest BCUT2D eigenvalue weighted by molar-refractivity contribution is -0.117. The van der Waals surface area contributed by atoms with E-state index in [4.69, 9.17) is 14.2 Å². The number of aryl methyl sites for hydroxylation is 1. The van der Waals surface area contributed by atoms with Gasteiger partial charge in [0.1, 0.15) is 17.2 Å². The van der Waals surface area contributed by atoms with E-state index in [0.29, 0.717) is 56.9 Å². The number of thiophene rings is 1. The lowest BCUT2D eigenvalue weighted by atomic mass is 10.2. The van der Waals surface area contributed by atoms with Gasteiger partial charge >= 0.3 is 0 Å². The standard InChI is InChI=1S/C22H24N4O5S/c1-12-18-21(31-4)24-16(11-29-2)25-22(18)32-19(12)20(28)23-13-7-8-15(30-3)14(10-13)26-9-5-6-17(26)27/h7-8,10H,5-6,9,11H2,1-4H3,(H,23,28). The van der Waals surface area contributed by atoms with Crippen LogP contribution in [0, 0.1) is 6.92 Å². The fraction of sp³-hybridized carbons (Fsp3) is 0.364. The second-order valence-electron chi connectivity index (χ2n) is 7.31. The molecule has 0 spiro atoms. The number of amides is 2. The summed E-state index contributed by atoms with van der Waals surface area (Å²) in [5.41, 5.74) is 1.96. The van der Waals surface area contributed by atoms with E-state index in [0.717, 1.165) is 12.0 Å². The lowest BCUT2D eigenvalue weighted by Gasteiger charge is -2.20. The van der Waals surface area contributed by atoms with Crippen LogP contribution in [0.3, 0.4) is 0 Å². The number of aromatic nitrogens is 2. The molecule has 1 aliphatic rings. The molecule has 1 fully saturated rings. The molecule has 32 heavy (non-hydrogen) atoms. The van der Waals surface area contributed by atoms with Crippen molar-refractivity contribution in [1.29, 1.82) is 0 Å². The molecule has 3 heterocycles. The van der Waals surface area contributed by atoms with Gasteiger partial charge in [-0.1, -0.05) is 0 Å². The highest BCUT2D eigenvalue weighted by atomic mass is 32.1. The summed E-state index contributed by atoms with van der Waals surface area (Å²) >= 11 is 1.27. The molecule has 0 unspecified atom stereocenters. The lowest BCUT2D eigenvalue weighted by Crippen LogP contribution is -2.24. The zero-order valence-electron chi connectivity index (χ0n) is 18.4. The van der Waals surface area contributed by atoms with Crippen molar-refractivity contribution in [2.75, 3.05) is 38.1 Å². The Morgan fingerprint density at radius 1 is 1.22 bits per heavy atom. The Bertz CT molecular complexity index is 1190. The van der Waals surface area contributed by atoms with Crippen LogP contribution in [0.15, 0.2) is 18.2 Å². The fourth-order valence-corrected chi connectivity index (χ4v) is 4.86. The molecule has 0 radical (unpaired) electrons. The van der Waals surface area contributed by atoms with Gasteiger partial charge in [-0.05, 0) is 37.1 Å². The molecule has 1 aromatic carbocycles. The summed E-state index contributed by atoms with van der Waals surface area (Å²) in [4.78, 5) is 37.1. The van der Waals surface area contributed by atoms with Crippen LogP contribution < -0.4 is 19.7 Å². The molecule has 2 amide bonds. The van der Waals surface area contributed by atoms with Gasteiger partial charge in [-0.15, -0.1) is 11.3 Å². The first-order valence-electron chi connectivity index (χ1n) is 10.1.